The number of nitrogens with one attached hydrogen (secondary N) is 1. The molecule has 0 bridgehead atoms. The predicted octanol–water partition coefficient (Wildman–Crippen LogP) is 2.33. The van der Waals surface area contributed by atoms with E-state index in [1.165, 1.54) is 6.92 Å². The number of aliphatic carboxylic acids is 1. The topological polar surface area (TPSA) is 66.4 Å². The molecule has 0 radical (unpaired) electrons. The molecule has 104 valence electrons. The molecule has 4 nitrogen and oxygen atoms in total. The average Bonchev–Trinajstić information content (AvgIpc) is 2.42. The van der Waals surface area contributed by atoms with Gasteiger partial charge in [-0.15, -0.1) is 0 Å². The van der Waals surface area contributed by atoms with Crippen LogP contribution >= 0.6 is 0 Å². The van der Waals surface area contributed by atoms with Crippen LogP contribution in [0.5, 0.6) is 0 Å². The lowest BCUT2D eigenvalue weighted by Crippen LogP contribution is -2.49. The molecular formula is C15H21NO3. The lowest BCUT2D eigenvalue weighted by molar-refractivity contribution is -0.142. The van der Waals surface area contributed by atoms with Gasteiger partial charge in [0, 0.05) is 0 Å². The van der Waals surface area contributed by atoms with Crippen LogP contribution in [0.25, 0.3) is 0 Å². The van der Waals surface area contributed by atoms with Crippen molar-refractivity contribution < 1.29 is 14.7 Å². The Hall–Kier alpha value is -1.84. The van der Waals surface area contributed by atoms with Crippen LogP contribution in [0, 0.1) is 0 Å². The van der Waals surface area contributed by atoms with Crippen molar-refractivity contribution in [1.29, 1.82) is 0 Å². The Bertz CT molecular complexity index is 438. The molecule has 19 heavy (non-hydrogen) atoms. The lowest BCUT2D eigenvalue weighted by atomic mass is 9.75. The monoisotopic (exact) mass is 263 g/mol. The number of hydrogen-bond donors (Lipinski definition) is 2. The third-order valence-electron chi connectivity index (χ3n) is 3.69. The Morgan fingerprint density at radius 1 is 1.21 bits per heavy atom. The fraction of sp³-hybridized carbons (Fsp3) is 0.467. The maximum Gasteiger partial charge on any atom is 0.325 e. The van der Waals surface area contributed by atoms with Gasteiger partial charge in [-0.05, 0) is 25.3 Å². The molecule has 1 aromatic carbocycles. The maximum atomic E-state index is 12.5. The number of carbonyl (C=O) groups is 2. The van der Waals surface area contributed by atoms with Crippen molar-refractivity contribution in [3.05, 3.63) is 35.9 Å². The van der Waals surface area contributed by atoms with E-state index >= 15 is 0 Å². The quantitative estimate of drug-likeness (QED) is 0.827. The number of benzene rings is 1. The Labute approximate surface area is 113 Å². The van der Waals surface area contributed by atoms with E-state index in [9.17, 15) is 9.59 Å². The van der Waals surface area contributed by atoms with E-state index in [1.807, 2.05) is 44.2 Å². The Balaban J connectivity index is 3.06. The number of rotatable bonds is 6. The lowest BCUT2D eigenvalue weighted by Gasteiger charge is -2.31. The van der Waals surface area contributed by atoms with Gasteiger partial charge in [-0.1, -0.05) is 44.2 Å². The van der Waals surface area contributed by atoms with Gasteiger partial charge in [0.15, 0.2) is 0 Å². The number of hydrogen-bond acceptors (Lipinski definition) is 2. The second-order valence-electron chi connectivity index (χ2n) is 4.69. The van der Waals surface area contributed by atoms with Crippen molar-refractivity contribution >= 4 is 11.9 Å². The van der Waals surface area contributed by atoms with Gasteiger partial charge in [-0.2, -0.15) is 0 Å². The van der Waals surface area contributed by atoms with Crippen LogP contribution in [0.4, 0.5) is 0 Å². The zero-order valence-electron chi connectivity index (χ0n) is 11.6. The van der Waals surface area contributed by atoms with Crippen molar-refractivity contribution in [3.63, 3.8) is 0 Å². The fourth-order valence-electron chi connectivity index (χ4n) is 2.26. The van der Waals surface area contributed by atoms with Gasteiger partial charge in [0.05, 0.1) is 5.41 Å². The van der Waals surface area contributed by atoms with Crippen LogP contribution in [0.3, 0.4) is 0 Å². The highest BCUT2D eigenvalue weighted by Crippen LogP contribution is 2.32. The standard InChI is InChI=1S/C15H21NO3/c1-4-15(5-2,12-9-7-6-8-10-12)14(19)16-11(3)13(17)18/h6-11H,4-5H2,1-3H3,(H,16,19)(H,17,18)/t11-/m1/s1. The molecule has 0 unspecified atom stereocenters. The summed E-state index contributed by atoms with van der Waals surface area (Å²) in [4.78, 5) is 23.3. The van der Waals surface area contributed by atoms with E-state index in [4.69, 9.17) is 5.11 Å². The summed E-state index contributed by atoms with van der Waals surface area (Å²) in [5.74, 6) is -1.25. The Kier molecular flexibility index (Phi) is 5.10. The summed E-state index contributed by atoms with van der Waals surface area (Å²) in [6.45, 7) is 5.37. The van der Waals surface area contributed by atoms with Gasteiger partial charge in [0.1, 0.15) is 6.04 Å². The van der Waals surface area contributed by atoms with Crippen molar-refractivity contribution in [2.45, 2.75) is 45.1 Å². The van der Waals surface area contributed by atoms with E-state index in [1.54, 1.807) is 0 Å². The molecular weight excluding hydrogens is 242 g/mol. The minimum absolute atomic E-state index is 0.224. The number of carbonyl (C=O) groups excluding carboxylic acids is 1. The van der Waals surface area contributed by atoms with E-state index < -0.39 is 17.4 Å². The van der Waals surface area contributed by atoms with Gasteiger partial charge < -0.3 is 10.4 Å². The highest BCUT2D eigenvalue weighted by atomic mass is 16.4. The molecule has 0 saturated carbocycles. The van der Waals surface area contributed by atoms with Gasteiger partial charge in [0.2, 0.25) is 5.91 Å². The molecule has 0 aliphatic rings. The molecule has 4 heteroatoms. The van der Waals surface area contributed by atoms with Gasteiger partial charge in [-0.3, -0.25) is 9.59 Å². The minimum atomic E-state index is -1.03. The first-order chi connectivity index (χ1) is 8.97. The molecule has 1 rings (SSSR count). The number of amides is 1. The van der Waals surface area contributed by atoms with Crippen molar-refractivity contribution in [3.8, 4) is 0 Å². The van der Waals surface area contributed by atoms with E-state index in [0.717, 1.165) is 5.56 Å². The zero-order chi connectivity index (χ0) is 14.5. The molecule has 1 aromatic rings. The third-order valence-corrected chi connectivity index (χ3v) is 3.69. The van der Waals surface area contributed by atoms with E-state index in [0.29, 0.717) is 12.8 Å². The van der Waals surface area contributed by atoms with Gasteiger partial charge in [-0.25, -0.2) is 0 Å². The molecule has 0 spiro atoms. The van der Waals surface area contributed by atoms with Crippen LogP contribution in [-0.2, 0) is 15.0 Å². The van der Waals surface area contributed by atoms with Crippen LogP contribution < -0.4 is 5.32 Å². The molecule has 0 saturated heterocycles. The smallest absolute Gasteiger partial charge is 0.325 e. The van der Waals surface area contributed by atoms with Crippen LogP contribution in [-0.4, -0.2) is 23.0 Å². The van der Waals surface area contributed by atoms with Crippen LogP contribution in [0.1, 0.15) is 39.2 Å². The van der Waals surface area contributed by atoms with Crippen molar-refractivity contribution in [2.75, 3.05) is 0 Å². The largest absolute Gasteiger partial charge is 0.480 e. The number of carboxylic acids is 1. The van der Waals surface area contributed by atoms with Crippen LogP contribution in [0.2, 0.25) is 0 Å². The normalized spacial score (nSPS) is 12.8. The predicted molar refractivity (Wildman–Crippen MR) is 73.9 cm³/mol. The molecule has 0 aromatic heterocycles. The summed E-state index contributed by atoms with van der Waals surface area (Å²) >= 11 is 0. The summed E-state index contributed by atoms with van der Waals surface area (Å²) in [6, 6.07) is 8.63. The van der Waals surface area contributed by atoms with E-state index in [2.05, 4.69) is 5.32 Å². The SMILES string of the molecule is CCC(CC)(C(=O)N[C@H](C)C(=O)O)c1ccccc1. The summed E-state index contributed by atoms with van der Waals surface area (Å²) in [7, 11) is 0. The second-order valence-corrected chi connectivity index (χ2v) is 4.69. The highest BCUT2D eigenvalue weighted by Gasteiger charge is 2.37. The fourth-order valence-corrected chi connectivity index (χ4v) is 2.26. The summed E-state index contributed by atoms with van der Waals surface area (Å²) in [5, 5.41) is 11.5. The summed E-state index contributed by atoms with van der Waals surface area (Å²) < 4.78 is 0. The maximum absolute atomic E-state index is 12.5. The van der Waals surface area contributed by atoms with Crippen LogP contribution in [0.15, 0.2) is 30.3 Å². The Morgan fingerprint density at radius 3 is 2.16 bits per heavy atom. The third kappa shape index (κ3) is 3.13. The second kappa shape index (κ2) is 6.36. The van der Waals surface area contributed by atoms with E-state index in [-0.39, 0.29) is 5.91 Å². The number of carboxylic acid groups (broad SMARTS) is 1. The zero-order valence-corrected chi connectivity index (χ0v) is 11.6. The van der Waals surface area contributed by atoms with Gasteiger partial charge >= 0.3 is 5.97 Å². The van der Waals surface area contributed by atoms with Crippen molar-refractivity contribution in [1.82, 2.24) is 5.32 Å². The molecule has 2 N–H and O–H groups in total. The minimum Gasteiger partial charge on any atom is -0.480 e. The summed E-state index contributed by atoms with van der Waals surface area (Å²) in [5.41, 5.74) is 0.264. The molecule has 1 atom stereocenters. The highest BCUT2D eigenvalue weighted by molar-refractivity contribution is 5.91. The molecule has 0 aliphatic carbocycles. The molecule has 0 heterocycles. The Morgan fingerprint density at radius 2 is 1.74 bits per heavy atom. The summed E-state index contributed by atoms with van der Waals surface area (Å²) in [6.07, 6.45) is 1.26. The van der Waals surface area contributed by atoms with Crippen molar-refractivity contribution in [2.24, 2.45) is 0 Å². The molecule has 1 amide bonds. The first-order valence-electron chi connectivity index (χ1n) is 6.57. The first-order valence-corrected chi connectivity index (χ1v) is 6.57. The van der Waals surface area contributed by atoms with Gasteiger partial charge in [0.25, 0.3) is 0 Å². The first kappa shape index (κ1) is 15.2. The molecule has 0 aliphatic heterocycles. The molecule has 0 fully saturated rings. The average molecular weight is 263 g/mol.